The minimum Gasteiger partial charge on any atom is -0.386 e. The summed E-state index contributed by atoms with van der Waals surface area (Å²) in [7, 11) is 0. The number of hydrogen-bond acceptors (Lipinski definition) is 10. The van der Waals surface area contributed by atoms with Crippen LogP contribution in [-0.2, 0) is 6.54 Å². The van der Waals surface area contributed by atoms with Crippen molar-refractivity contribution in [1.29, 1.82) is 0 Å². The molecule has 0 aromatic carbocycles. The number of rotatable bonds is 10. The maximum absolute atomic E-state index is 9.73. The zero-order valence-corrected chi connectivity index (χ0v) is 19.3. The van der Waals surface area contributed by atoms with Gasteiger partial charge in [-0.15, -0.1) is 23.1 Å². The van der Waals surface area contributed by atoms with Crippen molar-refractivity contribution in [3.63, 3.8) is 0 Å². The number of aromatic nitrogens is 4. The summed E-state index contributed by atoms with van der Waals surface area (Å²) in [5, 5.41) is 18.9. The summed E-state index contributed by atoms with van der Waals surface area (Å²) in [6.45, 7) is 9.78. The molecule has 0 fully saturated rings. The molecule has 1 atom stereocenters. The molecule has 3 aromatic heterocycles. The molecule has 0 amide bonds. The van der Waals surface area contributed by atoms with Gasteiger partial charge in [0.1, 0.15) is 22.8 Å². The first-order valence-electron chi connectivity index (χ1n) is 9.62. The van der Waals surface area contributed by atoms with Crippen LogP contribution >= 0.6 is 23.1 Å². The molecule has 3 aromatic rings. The average Bonchev–Trinajstić information content (AvgIpc) is 3.16. The van der Waals surface area contributed by atoms with Gasteiger partial charge in [-0.05, 0) is 44.5 Å². The first kappa shape index (κ1) is 22.9. The van der Waals surface area contributed by atoms with E-state index in [4.69, 9.17) is 0 Å². The summed E-state index contributed by atoms with van der Waals surface area (Å²) in [5.41, 5.74) is 3.53. The number of nitrogens with one attached hydrogen (secondary N) is 2. The molecular formula is C21H25N7OS2. The molecule has 31 heavy (non-hydrogen) atoms. The van der Waals surface area contributed by atoms with Crippen LogP contribution in [0.5, 0.6) is 0 Å². The van der Waals surface area contributed by atoms with E-state index in [0.717, 1.165) is 39.2 Å². The fourth-order valence-electron chi connectivity index (χ4n) is 2.55. The lowest BCUT2D eigenvalue weighted by Gasteiger charge is -2.07. The SMILES string of the molecule is C=N/C(=C\SCNc1ccc(CNc2cnc(C)nc2)cn1)c1sc(C(C)O)nc1C. The standard InChI is InChI=1S/C21H25N7OS2/c1-13-20(31-21(28-13)14(2)29)18(22-4)11-30-12-27-19-6-5-16(8-26-19)7-25-17-9-23-15(3)24-10-17/h5-6,8-11,14,25,29H,4,7,12H2,1-3H3,(H,26,27)/b18-11-. The minimum absolute atomic E-state index is 0.590. The number of nitrogens with zero attached hydrogens (tertiary/aromatic N) is 5. The molecule has 0 aliphatic carbocycles. The van der Waals surface area contributed by atoms with E-state index < -0.39 is 6.10 Å². The first-order chi connectivity index (χ1) is 15.0. The highest BCUT2D eigenvalue weighted by Crippen LogP contribution is 2.31. The molecule has 0 saturated heterocycles. The lowest BCUT2D eigenvalue weighted by atomic mass is 10.3. The molecule has 3 N–H and O–H groups in total. The van der Waals surface area contributed by atoms with Crippen molar-refractivity contribution in [2.45, 2.75) is 33.4 Å². The quantitative estimate of drug-likeness (QED) is 0.234. The third-order valence-corrected chi connectivity index (χ3v) is 6.26. The highest BCUT2D eigenvalue weighted by Gasteiger charge is 2.14. The van der Waals surface area contributed by atoms with Crippen molar-refractivity contribution < 1.29 is 5.11 Å². The van der Waals surface area contributed by atoms with Gasteiger partial charge in [-0.25, -0.2) is 19.9 Å². The van der Waals surface area contributed by atoms with Gasteiger partial charge in [-0.2, -0.15) is 0 Å². The van der Waals surface area contributed by atoms with Crippen LogP contribution in [0.15, 0.2) is 41.1 Å². The highest BCUT2D eigenvalue weighted by atomic mass is 32.2. The Balaban J connectivity index is 1.49. The third-order valence-electron chi connectivity index (χ3n) is 4.21. The number of aliphatic hydroxyl groups excluding tert-OH is 1. The second-order valence-corrected chi connectivity index (χ2v) is 8.60. The van der Waals surface area contributed by atoms with Crippen molar-refractivity contribution in [3.8, 4) is 0 Å². The van der Waals surface area contributed by atoms with E-state index in [0.29, 0.717) is 17.4 Å². The molecule has 0 saturated carbocycles. The van der Waals surface area contributed by atoms with Gasteiger partial charge in [0.15, 0.2) is 0 Å². The summed E-state index contributed by atoms with van der Waals surface area (Å²) in [6.07, 6.45) is 4.77. The normalized spacial score (nSPS) is 12.5. The molecule has 1 unspecified atom stereocenters. The molecule has 162 valence electrons. The van der Waals surface area contributed by atoms with Gasteiger partial charge in [-0.1, -0.05) is 6.07 Å². The second kappa shape index (κ2) is 11.0. The van der Waals surface area contributed by atoms with E-state index in [1.165, 1.54) is 11.3 Å². The molecule has 0 aliphatic heterocycles. The number of thiazole rings is 1. The summed E-state index contributed by atoms with van der Waals surface area (Å²) in [5.74, 6) is 2.17. The number of aliphatic imine (C=N–C) groups is 1. The van der Waals surface area contributed by atoms with Crippen LogP contribution in [0.2, 0.25) is 0 Å². The fraction of sp³-hybridized carbons (Fsp3) is 0.286. The second-order valence-electron chi connectivity index (χ2n) is 6.72. The molecule has 3 heterocycles. The van der Waals surface area contributed by atoms with Crippen molar-refractivity contribution in [1.82, 2.24) is 19.9 Å². The molecule has 8 nitrogen and oxygen atoms in total. The van der Waals surface area contributed by atoms with E-state index in [1.807, 2.05) is 37.6 Å². The van der Waals surface area contributed by atoms with Gasteiger partial charge in [0.2, 0.25) is 0 Å². The maximum Gasteiger partial charge on any atom is 0.126 e. The molecule has 0 radical (unpaired) electrons. The Morgan fingerprint density at radius 2 is 2.00 bits per heavy atom. The number of aliphatic hydroxyl groups is 1. The number of hydrogen-bond donors (Lipinski definition) is 3. The lowest BCUT2D eigenvalue weighted by molar-refractivity contribution is 0.198. The zero-order chi connectivity index (χ0) is 22.2. The summed E-state index contributed by atoms with van der Waals surface area (Å²) >= 11 is 2.99. The van der Waals surface area contributed by atoms with Gasteiger partial charge in [0.05, 0.1) is 40.2 Å². The number of anilines is 2. The van der Waals surface area contributed by atoms with Crippen LogP contribution in [0.4, 0.5) is 11.5 Å². The molecule has 0 aliphatic rings. The maximum atomic E-state index is 9.73. The van der Waals surface area contributed by atoms with E-state index in [-0.39, 0.29) is 0 Å². The Labute approximate surface area is 190 Å². The van der Waals surface area contributed by atoms with Crippen molar-refractivity contribution in [2.24, 2.45) is 4.99 Å². The molecule has 3 rings (SSSR count). The van der Waals surface area contributed by atoms with Gasteiger partial charge >= 0.3 is 0 Å². The van der Waals surface area contributed by atoms with Crippen LogP contribution in [0, 0.1) is 13.8 Å². The van der Waals surface area contributed by atoms with Gasteiger partial charge in [0.25, 0.3) is 0 Å². The Kier molecular flexibility index (Phi) is 8.10. The highest BCUT2D eigenvalue weighted by molar-refractivity contribution is 8.02. The first-order valence-corrected chi connectivity index (χ1v) is 11.5. The molecule has 10 heteroatoms. The van der Waals surface area contributed by atoms with Crippen LogP contribution in [-0.4, -0.2) is 37.6 Å². The predicted molar refractivity (Wildman–Crippen MR) is 129 cm³/mol. The van der Waals surface area contributed by atoms with Gasteiger partial charge < -0.3 is 15.7 Å². The molecular weight excluding hydrogens is 430 g/mol. The van der Waals surface area contributed by atoms with Crippen molar-refractivity contribution >= 4 is 47.0 Å². The fourth-order valence-corrected chi connectivity index (χ4v) is 4.28. The van der Waals surface area contributed by atoms with Crippen LogP contribution in [0.1, 0.15) is 40.0 Å². The Bertz CT molecular complexity index is 1030. The number of thioether (sulfide) groups is 1. The topological polar surface area (TPSA) is 108 Å². The van der Waals surface area contributed by atoms with E-state index in [9.17, 15) is 5.11 Å². The predicted octanol–water partition coefficient (Wildman–Crippen LogP) is 4.41. The number of pyridine rings is 1. The monoisotopic (exact) mass is 455 g/mol. The average molecular weight is 456 g/mol. The van der Waals surface area contributed by atoms with Crippen molar-refractivity contribution in [3.05, 3.63) is 63.1 Å². The lowest BCUT2D eigenvalue weighted by Crippen LogP contribution is -2.03. The van der Waals surface area contributed by atoms with Gasteiger partial charge in [0, 0.05) is 12.7 Å². The van der Waals surface area contributed by atoms with E-state index in [1.54, 1.807) is 31.1 Å². The Morgan fingerprint density at radius 3 is 2.61 bits per heavy atom. The van der Waals surface area contributed by atoms with Gasteiger partial charge in [-0.3, -0.25) is 4.99 Å². The molecule has 0 spiro atoms. The van der Waals surface area contributed by atoms with E-state index >= 15 is 0 Å². The molecule has 0 bridgehead atoms. The van der Waals surface area contributed by atoms with Crippen LogP contribution in [0.3, 0.4) is 0 Å². The number of aryl methyl sites for hydroxylation is 2. The summed E-state index contributed by atoms with van der Waals surface area (Å²) in [6, 6.07) is 3.97. The smallest absolute Gasteiger partial charge is 0.126 e. The van der Waals surface area contributed by atoms with Crippen LogP contribution in [0.25, 0.3) is 5.70 Å². The Morgan fingerprint density at radius 1 is 1.23 bits per heavy atom. The summed E-state index contributed by atoms with van der Waals surface area (Å²) < 4.78 is 0. The third kappa shape index (κ3) is 6.58. The summed E-state index contributed by atoms with van der Waals surface area (Å²) in [4.78, 5) is 22.2. The minimum atomic E-state index is -0.590. The Hall–Kier alpha value is -2.82. The van der Waals surface area contributed by atoms with Crippen LogP contribution < -0.4 is 10.6 Å². The largest absolute Gasteiger partial charge is 0.386 e. The van der Waals surface area contributed by atoms with Crippen molar-refractivity contribution in [2.75, 3.05) is 16.5 Å². The zero-order valence-electron chi connectivity index (χ0n) is 17.7. The van der Waals surface area contributed by atoms with E-state index in [2.05, 4.69) is 42.3 Å².